The molecule has 148 valence electrons. The van der Waals surface area contributed by atoms with E-state index in [4.69, 9.17) is 4.74 Å². The van der Waals surface area contributed by atoms with E-state index >= 15 is 0 Å². The molecule has 1 N–H and O–H groups in total. The molecule has 0 heterocycles. The van der Waals surface area contributed by atoms with Crippen molar-refractivity contribution in [2.24, 2.45) is 0 Å². The number of likely N-dealkylation sites (N-methyl/N-ethyl adjacent to an activating group) is 1. The van der Waals surface area contributed by atoms with Crippen molar-refractivity contribution in [3.05, 3.63) is 0 Å². The first-order valence-electron chi connectivity index (χ1n) is 9.52. The van der Waals surface area contributed by atoms with Crippen LogP contribution in [0.15, 0.2) is 0 Å². The van der Waals surface area contributed by atoms with Crippen molar-refractivity contribution in [3.63, 3.8) is 0 Å². The van der Waals surface area contributed by atoms with E-state index in [1.54, 1.807) is 0 Å². The lowest BCUT2D eigenvalue weighted by atomic mass is 10.0. The highest BCUT2D eigenvalue weighted by atomic mass is 16.5. The molecule has 0 aromatic heterocycles. The molecule has 0 saturated heterocycles. The summed E-state index contributed by atoms with van der Waals surface area (Å²) in [6.45, 7) is 2.51. The molecule has 0 aliphatic carbocycles. The third-order valence-corrected chi connectivity index (χ3v) is 3.98. The number of carboxylic acids is 1. The van der Waals surface area contributed by atoms with Crippen LogP contribution in [-0.2, 0) is 14.3 Å². The summed E-state index contributed by atoms with van der Waals surface area (Å²) in [4.78, 5) is 22.7. The van der Waals surface area contributed by atoms with Gasteiger partial charge in [0.2, 0.25) is 0 Å². The third-order valence-electron chi connectivity index (χ3n) is 3.98. The SMILES string of the molecule is CCCC(O)CCCCCCCC(=O)OC(CC(=O)[O-])C[N+](C)(C)C. The number of rotatable bonds is 15. The van der Waals surface area contributed by atoms with E-state index in [9.17, 15) is 19.8 Å². The molecule has 0 aromatic rings. The van der Waals surface area contributed by atoms with Crippen molar-refractivity contribution < 1.29 is 29.0 Å². The maximum atomic E-state index is 11.9. The van der Waals surface area contributed by atoms with Gasteiger partial charge in [-0.15, -0.1) is 0 Å². The number of nitrogens with zero attached hydrogens (tertiary/aromatic N) is 1. The molecule has 0 fully saturated rings. The molecular formula is C19H37NO5. The van der Waals surface area contributed by atoms with Gasteiger partial charge in [-0.2, -0.15) is 0 Å². The normalized spacial score (nSPS) is 14.1. The zero-order chi connectivity index (χ0) is 19.3. The lowest BCUT2D eigenvalue weighted by Crippen LogP contribution is -2.45. The van der Waals surface area contributed by atoms with Gasteiger partial charge in [-0.1, -0.05) is 39.0 Å². The fraction of sp³-hybridized carbons (Fsp3) is 0.895. The topological polar surface area (TPSA) is 86.7 Å². The van der Waals surface area contributed by atoms with Crippen LogP contribution in [0.2, 0.25) is 0 Å². The number of carboxylic acid groups (broad SMARTS) is 1. The van der Waals surface area contributed by atoms with Crippen LogP contribution in [0.3, 0.4) is 0 Å². The van der Waals surface area contributed by atoms with Crippen molar-refractivity contribution in [2.75, 3.05) is 27.7 Å². The van der Waals surface area contributed by atoms with Gasteiger partial charge in [-0.05, 0) is 19.3 Å². The number of ether oxygens (including phenoxy) is 1. The van der Waals surface area contributed by atoms with Gasteiger partial charge >= 0.3 is 5.97 Å². The Bertz CT molecular complexity index is 379. The maximum absolute atomic E-state index is 11.9. The predicted molar refractivity (Wildman–Crippen MR) is 95.6 cm³/mol. The largest absolute Gasteiger partial charge is 0.550 e. The van der Waals surface area contributed by atoms with Gasteiger partial charge in [-0.25, -0.2) is 0 Å². The van der Waals surface area contributed by atoms with Gasteiger partial charge in [0.1, 0.15) is 6.54 Å². The Morgan fingerprint density at radius 2 is 1.64 bits per heavy atom. The molecule has 6 heteroatoms. The lowest BCUT2D eigenvalue weighted by molar-refractivity contribution is -0.873. The molecule has 0 aromatic carbocycles. The van der Waals surface area contributed by atoms with Gasteiger partial charge < -0.3 is 24.2 Å². The second kappa shape index (κ2) is 13.1. The fourth-order valence-corrected chi connectivity index (χ4v) is 2.84. The number of unbranched alkanes of at least 4 members (excludes halogenated alkanes) is 4. The first-order chi connectivity index (χ1) is 11.6. The maximum Gasteiger partial charge on any atom is 0.306 e. The minimum absolute atomic E-state index is 0.179. The van der Waals surface area contributed by atoms with E-state index in [2.05, 4.69) is 6.92 Å². The summed E-state index contributed by atoms with van der Waals surface area (Å²) in [5.74, 6) is -1.53. The van der Waals surface area contributed by atoms with Crippen LogP contribution >= 0.6 is 0 Å². The second-order valence-electron chi connectivity index (χ2n) is 7.91. The summed E-state index contributed by atoms with van der Waals surface area (Å²) >= 11 is 0. The zero-order valence-electron chi connectivity index (χ0n) is 16.5. The Hall–Kier alpha value is -1.14. The smallest absolute Gasteiger partial charge is 0.306 e. The number of carbonyl (C=O) groups excluding carboxylic acids is 2. The molecule has 0 spiro atoms. The van der Waals surface area contributed by atoms with E-state index in [-0.39, 0.29) is 18.5 Å². The standard InChI is InChI=1S/C19H37NO5/c1-5-11-16(21)12-9-7-6-8-10-13-19(24)25-17(14-18(22)23)15-20(2,3)4/h16-17,21H,5-15H2,1-4H3. The summed E-state index contributed by atoms with van der Waals surface area (Å²) in [6, 6.07) is 0. The van der Waals surface area contributed by atoms with Crippen molar-refractivity contribution in [2.45, 2.75) is 83.3 Å². The number of aliphatic hydroxyl groups is 1. The average molecular weight is 360 g/mol. The Morgan fingerprint density at radius 1 is 1.04 bits per heavy atom. The molecule has 0 rings (SSSR count). The average Bonchev–Trinajstić information content (AvgIpc) is 2.43. The minimum Gasteiger partial charge on any atom is -0.550 e. The molecule has 2 atom stereocenters. The molecule has 0 amide bonds. The van der Waals surface area contributed by atoms with Gasteiger partial charge in [0, 0.05) is 18.8 Å². The second-order valence-corrected chi connectivity index (χ2v) is 7.91. The van der Waals surface area contributed by atoms with E-state index in [0.717, 1.165) is 51.4 Å². The van der Waals surface area contributed by atoms with Gasteiger partial charge in [0.25, 0.3) is 0 Å². The number of carbonyl (C=O) groups is 2. The lowest BCUT2D eigenvalue weighted by Gasteiger charge is -2.29. The Balaban J connectivity index is 3.87. The fourth-order valence-electron chi connectivity index (χ4n) is 2.84. The van der Waals surface area contributed by atoms with Crippen LogP contribution in [0.1, 0.15) is 71.1 Å². The highest BCUT2D eigenvalue weighted by Gasteiger charge is 2.22. The summed E-state index contributed by atoms with van der Waals surface area (Å²) in [5.41, 5.74) is 0. The number of hydrogen-bond donors (Lipinski definition) is 1. The van der Waals surface area contributed by atoms with E-state index in [1.807, 2.05) is 21.1 Å². The molecule has 0 radical (unpaired) electrons. The summed E-state index contributed by atoms with van der Waals surface area (Å²) < 4.78 is 5.84. The highest BCUT2D eigenvalue weighted by Crippen LogP contribution is 2.12. The van der Waals surface area contributed by atoms with Crippen LogP contribution in [0, 0.1) is 0 Å². The van der Waals surface area contributed by atoms with Gasteiger partial charge in [0.05, 0.1) is 27.2 Å². The molecular weight excluding hydrogens is 322 g/mol. The Kier molecular flexibility index (Phi) is 12.5. The van der Waals surface area contributed by atoms with Crippen molar-refractivity contribution in [3.8, 4) is 0 Å². The van der Waals surface area contributed by atoms with Crippen molar-refractivity contribution in [1.82, 2.24) is 0 Å². The van der Waals surface area contributed by atoms with Crippen LogP contribution in [0.4, 0.5) is 0 Å². The highest BCUT2D eigenvalue weighted by molar-refractivity contribution is 5.70. The molecule has 25 heavy (non-hydrogen) atoms. The van der Waals surface area contributed by atoms with Crippen molar-refractivity contribution in [1.29, 1.82) is 0 Å². The summed E-state index contributed by atoms with van der Waals surface area (Å²) in [6.07, 6.45) is 6.77. The monoisotopic (exact) mass is 359 g/mol. The first-order valence-corrected chi connectivity index (χ1v) is 9.52. The third kappa shape index (κ3) is 16.1. The number of aliphatic hydroxyl groups excluding tert-OH is 1. The number of esters is 1. The van der Waals surface area contributed by atoms with Gasteiger partial charge in [0.15, 0.2) is 6.10 Å². The van der Waals surface area contributed by atoms with Gasteiger partial charge in [-0.3, -0.25) is 4.79 Å². The first kappa shape index (κ1) is 23.9. The predicted octanol–water partition coefficient (Wildman–Crippen LogP) is 1.64. The Labute approximate surface area is 152 Å². The van der Waals surface area contributed by atoms with Crippen LogP contribution in [0.25, 0.3) is 0 Å². The molecule has 0 bridgehead atoms. The number of hydrogen-bond acceptors (Lipinski definition) is 5. The molecule has 2 unspecified atom stereocenters. The van der Waals surface area contributed by atoms with Crippen LogP contribution in [0.5, 0.6) is 0 Å². The quantitative estimate of drug-likeness (QED) is 0.273. The molecule has 0 aliphatic rings. The van der Waals surface area contributed by atoms with E-state index < -0.39 is 12.1 Å². The molecule has 6 nitrogen and oxygen atoms in total. The summed E-state index contributed by atoms with van der Waals surface area (Å²) in [5, 5.41) is 20.4. The molecule has 0 aliphatic heterocycles. The van der Waals surface area contributed by atoms with Crippen LogP contribution < -0.4 is 5.11 Å². The number of aliphatic carboxylic acids is 1. The summed E-state index contributed by atoms with van der Waals surface area (Å²) in [7, 11) is 5.77. The minimum atomic E-state index is -1.20. The number of quaternary nitrogens is 1. The van der Waals surface area contributed by atoms with E-state index in [0.29, 0.717) is 17.4 Å². The Morgan fingerprint density at radius 3 is 2.20 bits per heavy atom. The van der Waals surface area contributed by atoms with Crippen molar-refractivity contribution >= 4 is 11.9 Å². The van der Waals surface area contributed by atoms with E-state index in [1.165, 1.54) is 0 Å². The molecule has 0 saturated carbocycles. The van der Waals surface area contributed by atoms with Crippen LogP contribution in [-0.4, -0.2) is 61.4 Å². The zero-order valence-corrected chi connectivity index (χ0v) is 16.5.